The van der Waals surface area contributed by atoms with Gasteiger partial charge in [-0.1, -0.05) is 178 Å². The summed E-state index contributed by atoms with van der Waals surface area (Å²) >= 11 is 0. The fourth-order valence-corrected chi connectivity index (χ4v) is 10.8. The quantitative estimate of drug-likeness (QED) is 0.159. The summed E-state index contributed by atoms with van der Waals surface area (Å²) in [5, 5.41) is 4.56. The van der Waals surface area contributed by atoms with Gasteiger partial charge in [0.2, 0.25) is 0 Å². The van der Waals surface area contributed by atoms with Gasteiger partial charge >= 0.3 is 0 Å². The molecule has 2 heterocycles. The Kier molecular flexibility index (Phi) is 8.56. The van der Waals surface area contributed by atoms with E-state index in [1.54, 1.807) is 0 Å². The lowest BCUT2D eigenvalue weighted by molar-refractivity contribution is 0.660. The smallest absolute Gasteiger partial charge is 0.145 e. The fourth-order valence-electron chi connectivity index (χ4n) is 10.8. The van der Waals surface area contributed by atoms with Gasteiger partial charge in [0.05, 0.1) is 16.4 Å². The number of nitrogens with zero attached hydrogens (tertiary/aromatic N) is 2. The first-order valence-electron chi connectivity index (χ1n) is 22.8. The van der Waals surface area contributed by atoms with Gasteiger partial charge in [0.1, 0.15) is 11.2 Å². The molecule has 0 amide bonds. The SMILES string of the molecule is CC1(C)c2ccccc2-c2ccc(N(c3ccc(-c4ccccc4)cc3)c3ccc(-c4ccc(-c5cc6c7ccccc7oc6c6c7ccccc7n(-c7ccccc7)c56)cc4)cc3)cc21. The Morgan fingerprint density at radius 2 is 0.924 bits per heavy atom. The number of rotatable bonds is 7. The molecule has 1 aliphatic carbocycles. The van der Waals surface area contributed by atoms with Gasteiger partial charge in [-0.25, -0.2) is 0 Å². The molecule has 3 heteroatoms. The summed E-state index contributed by atoms with van der Waals surface area (Å²) in [7, 11) is 0. The molecule has 3 nitrogen and oxygen atoms in total. The van der Waals surface area contributed by atoms with Crippen molar-refractivity contribution < 1.29 is 4.42 Å². The van der Waals surface area contributed by atoms with Crippen LogP contribution in [0.3, 0.4) is 0 Å². The van der Waals surface area contributed by atoms with Gasteiger partial charge in [-0.05, 0) is 117 Å². The Bertz CT molecular complexity index is 3800. The summed E-state index contributed by atoms with van der Waals surface area (Å²) in [6, 6.07) is 83.7. The Hall–Kier alpha value is -8.40. The minimum Gasteiger partial charge on any atom is -0.455 e. The van der Waals surface area contributed by atoms with Crippen molar-refractivity contribution in [2.45, 2.75) is 19.3 Å². The number of furan rings is 1. The summed E-state index contributed by atoms with van der Waals surface area (Å²) in [6.45, 7) is 4.70. The summed E-state index contributed by atoms with van der Waals surface area (Å²) in [6.07, 6.45) is 0. The number of para-hydroxylation sites is 3. The van der Waals surface area contributed by atoms with E-state index in [-0.39, 0.29) is 5.41 Å². The minimum absolute atomic E-state index is 0.108. The zero-order chi connectivity index (χ0) is 43.9. The van der Waals surface area contributed by atoms with Crippen LogP contribution in [0.4, 0.5) is 17.1 Å². The van der Waals surface area contributed by atoms with E-state index >= 15 is 0 Å². The van der Waals surface area contributed by atoms with E-state index in [0.29, 0.717) is 0 Å². The maximum atomic E-state index is 6.72. The van der Waals surface area contributed by atoms with Crippen molar-refractivity contribution in [3.8, 4) is 50.2 Å². The van der Waals surface area contributed by atoms with Crippen molar-refractivity contribution in [3.63, 3.8) is 0 Å². The molecule has 0 radical (unpaired) electrons. The predicted molar refractivity (Wildman–Crippen MR) is 277 cm³/mol. The van der Waals surface area contributed by atoms with Crippen LogP contribution in [-0.2, 0) is 5.41 Å². The molecule has 0 unspecified atom stereocenters. The van der Waals surface area contributed by atoms with Gasteiger partial charge in [0, 0.05) is 49.9 Å². The van der Waals surface area contributed by atoms with E-state index in [1.807, 2.05) is 0 Å². The van der Waals surface area contributed by atoms with E-state index in [1.165, 1.54) is 44.3 Å². The molecule has 13 rings (SSSR count). The number of hydrogen-bond donors (Lipinski definition) is 0. The van der Waals surface area contributed by atoms with Crippen molar-refractivity contribution in [1.82, 2.24) is 4.57 Å². The zero-order valence-corrected chi connectivity index (χ0v) is 36.7. The monoisotopic (exact) mass is 844 g/mol. The first-order chi connectivity index (χ1) is 32.5. The third kappa shape index (κ3) is 5.90. The van der Waals surface area contributed by atoms with E-state index in [9.17, 15) is 0 Å². The highest BCUT2D eigenvalue weighted by Crippen LogP contribution is 2.51. The fraction of sp³-hybridized carbons (Fsp3) is 0.0476. The highest BCUT2D eigenvalue weighted by molar-refractivity contribution is 6.27. The average Bonchev–Trinajstić information content (AvgIpc) is 4.00. The second-order valence-corrected chi connectivity index (χ2v) is 18.1. The normalized spacial score (nSPS) is 12.8. The number of anilines is 3. The maximum absolute atomic E-state index is 6.72. The van der Waals surface area contributed by atoms with Crippen LogP contribution in [-0.4, -0.2) is 4.57 Å². The van der Waals surface area contributed by atoms with E-state index in [4.69, 9.17) is 4.42 Å². The average molecular weight is 845 g/mol. The predicted octanol–water partition coefficient (Wildman–Crippen LogP) is 17.5. The van der Waals surface area contributed by atoms with Crippen LogP contribution in [0.25, 0.3) is 93.9 Å². The van der Waals surface area contributed by atoms with Crippen LogP contribution >= 0.6 is 0 Å². The third-order valence-corrected chi connectivity index (χ3v) is 14.0. The Morgan fingerprint density at radius 1 is 0.394 bits per heavy atom. The van der Waals surface area contributed by atoms with E-state index < -0.39 is 0 Å². The molecule has 0 spiro atoms. The molecule has 0 fully saturated rings. The van der Waals surface area contributed by atoms with Crippen LogP contribution in [0.1, 0.15) is 25.0 Å². The number of fused-ring (bicyclic) bond motifs is 10. The van der Waals surface area contributed by atoms with Gasteiger partial charge in [-0.3, -0.25) is 0 Å². The molecule has 0 atom stereocenters. The lowest BCUT2D eigenvalue weighted by atomic mass is 9.82. The Labute approximate surface area is 384 Å². The Morgan fingerprint density at radius 3 is 1.64 bits per heavy atom. The lowest BCUT2D eigenvalue weighted by Gasteiger charge is -2.28. The van der Waals surface area contributed by atoms with Crippen molar-refractivity contribution in [2.75, 3.05) is 4.90 Å². The first-order valence-corrected chi connectivity index (χ1v) is 22.8. The lowest BCUT2D eigenvalue weighted by Crippen LogP contribution is -2.16. The van der Waals surface area contributed by atoms with Crippen molar-refractivity contribution in [2.24, 2.45) is 0 Å². The van der Waals surface area contributed by atoms with Crippen LogP contribution in [0.15, 0.2) is 235 Å². The van der Waals surface area contributed by atoms with Crippen molar-refractivity contribution >= 4 is 60.8 Å². The molecule has 66 heavy (non-hydrogen) atoms. The molecule has 0 saturated carbocycles. The maximum Gasteiger partial charge on any atom is 0.145 e. The molecular weight excluding hydrogens is 801 g/mol. The molecule has 312 valence electrons. The Balaban J connectivity index is 0.913. The molecule has 1 aliphatic rings. The highest BCUT2D eigenvalue weighted by Gasteiger charge is 2.36. The molecule has 0 N–H and O–H groups in total. The summed E-state index contributed by atoms with van der Waals surface area (Å²) in [5.41, 5.74) is 20.9. The van der Waals surface area contributed by atoms with E-state index in [0.717, 1.165) is 77.8 Å². The summed E-state index contributed by atoms with van der Waals surface area (Å²) < 4.78 is 9.13. The molecule has 12 aromatic rings. The van der Waals surface area contributed by atoms with Crippen molar-refractivity contribution in [3.05, 3.63) is 242 Å². The largest absolute Gasteiger partial charge is 0.455 e. The topological polar surface area (TPSA) is 21.3 Å². The van der Waals surface area contributed by atoms with Crippen molar-refractivity contribution in [1.29, 1.82) is 0 Å². The van der Waals surface area contributed by atoms with Crippen LogP contribution in [0, 0.1) is 0 Å². The second-order valence-electron chi connectivity index (χ2n) is 18.1. The molecular formula is C63H44N2O. The van der Waals surface area contributed by atoms with Gasteiger partial charge in [0.25, 0.3) is 0 Å². The summed E-state index contributed by atoms with van der Waals surface area (Å²) in [5.74, 6) is 0. The first kappa shape index (κ1) is 38.1. The van der Waals surface area contributed by atoms with Gasteiger partial charge in [0.15, 0.2) is 0 Å². The van der Waals surface area contributed by atoms with Crippen LogP contribution < -0.4 is 4.90 Å². The van der Waals surface area contributed by atoms with Crippen LogP contribution in [0.2, 0.25) is 0 Å². The number of benzene rings is 10. The van der Waals surface area contributed by atoms with Crippen LogP contribution in [0.5, 0.6) is 0 Å². The standard InChI is InChI=1S/C63H44N2O/c1-63(2)56-22-12-9-19-50(56)51-38-37-49(39-57(51)63)64(47-33-29-43(30-34-47)41-15-5-3-6-16-41)48-35-31-44(32-36-48)42-25-27-45(28-26-42)54-40-55-52-20-11-14-24-59(52)66-62(55)60-53-21-10-13-23-58(53)65(61(54)60)46-17-7-4-8-18-46/h3-40H,1-2H3. The van der Waals surface area contributed by atoms with Gasteiger partial charge < -0.3 is 13.9 Å². The molecule has 2 aromatic heterocycles. The highest BCUT2D eigenvalue weighted by atomic mass is 16.3. The van der Waals surface area contributed by atoms with Gasteiger partial charge in [-0.2, -0.15) is 0 Å². The van der Waals surface area contributed by atoms with Gasteiger partial charge in [-0.15, -0.1) is 0 Å². The summed E-state index contributed by atoms with van der Waals surface area (Å²) in [4.78, 5) is 2.40. The second kappa shape index (κ2) is 14.8. The minimum atomic E-state index is -0.108. The molecule has 0 aliphatic heterocycles. The third-order valence-electron chi connectivity index (χ3n) is 14.0. The molecule has 10 aromatic carbocycles. The van der Waals surface area contributed by atoms with E-state index in [2.05, 4.69) is 254 Å². The number of hydrogen-bond acceptors (Lipinski definition) is 2. The zero-order valence-electron chi connectivity index (χ0n) is 36.7. The molecule has 0 bridgehead atoms. The number of aromatic nitrogens is 1. The molecule has 0 saturated heterocycles.